The van der Waals surface area contributed by atoms with Gasteiger partial charge in [0.05, 0.1) is 12.3 Å². The summed E-state index contributed by atoms with van der Waals surface area (Å²) in [5, 5.41) is -0.393. The molecular weight excluding hydrogens is 487 g/mol. The first kappa shape index (κ1) is 25.4. The number of nitrogen functional groups attached to an aromatic ring is 1. The number of ether oxygens (including phenoxy) is 2. The summed E-state index contributed by atoms with van der Waals surface area (Å²) in [5.74, 6) is -0.875. The van der Waals surface area contributed by atoms with Crippen molar-refractivity contribution in [3.05, 3.63) is 59.9 Å². The topological polar surface area (TPSA) is 134 Å². The zero-order valence-corrected chi connectivity index (χ0v) is 20.7. The molecule has 0 unspecified atom stereocenters. The molecule has 0 saturated heterocycles. The summed E-state index contributed by atoms with van der Waals surface area (Å²) in [6, 6.07) is 11.2. The van der Waals surface area contributed by atoms with Gasteiger partial charge in [0.25, 0.3) is 15.9 Å². The Kier molecular flexibility index (Phi) is 7.39. The maximum atomic E-state index is 14.3. The highest BCUT2D eigenvalue weighted by Gasteiger charge is 2.27. The molecule has 3 N–H and O–H groups in total. The number of nitrogens with zero attached hydrogens (tertiary/aromatic N) is 2. The molecule has 36 heavy (non-hydrogen) atoms. The molecule has 1 fully saturated rings. The van der Waals surface area contributed by atoms with Gasteiger partial charge in [0, 0.05) is 11.6 Å². The normalized spacial score (nSPS) is 13.8. The van der Waals surface area contributed by atoms with E-state index in [2.05, 4.69) is 9.97 Å². The molecule has 4 rings (SSSR count). The first-order valence-electron chi connectivity index (χ1n) is 11.5. The number of benzene rings is 1. The summed E-state index contributed by atoms with van der Waals surface area (Å²) >= 11 is 0. The molecule has 3 aromatic rings. The summed E-state index contributed by atoms with van der Waals surface area (Å²) < 4.78 is 53.2. The molecule has 0 radical (unpaired) electrons. The van der Waals surface area contributed by atoms with Crippen LogP contribution in [0, 0.1) is 11.7 Å². The average Bonchev–Trinajstić information content (AvgIpc) is 2.79. The van der Waals surface area contributed by atoms with Crippen molar-refractivity contribution in [2.45, 2.75) is 44.2 Å². The molecule has 1 amide bonds. The molecule has 1 aromatic carbocycles. The Hall–Kier alpha value is -3.73. The maximum absolute atomic E-state index is 14.3. The van der Waals surface area contributed by atoms with Gasteiger partial charge in [0.2, 0.25) is 5.88 Å². The zero-order chi connectivity index (χ0) is 25.9. The second kappa shape index (κ2) is 10.5. The van der Waals surface area contributed by atoms with Gasteiger partial charge >= 0.3 is 0 Å². The van der Waals surface area contributed by atoms with E-state index in [1.807, 2.05) is 18.6 Å². The minimum absolute atomic E-state index is 0.00261. The van der Waals surface area contributed by atoms with Crippen molar-refractivity contribution in [1.29, 1.82) is 0 Å². The molecule has 1 aliphatic carbocycles. The van der Waals surface area contributed by atoms with Crippen LogP contribution in [-0.2, 0) is 10.0 Å². The van der Waals surface area contributed by atoms with Gasteiger partial charge in [-0.05, 0) is 61.6 Å². The van der Waals surface area contributed by atoms with Crippen molar-refractivity contribution in [2.24, 2.45) is 5.92 Å². The van der Waals surface area contributed by atoms with E-state index in [9.17, 15) is 17.6 Å². The number of halogens is 1. The Bertz CT molecular complexity index is 1380. The second-order valence-electron chi connectivity index (χ2n) is 8.94. The summed E-state index contributed by atoms with van der Waals surface area (Å²) in [4.78, 5) is 21.2. The van der Waals surface area contributed by atoms with Crippen molar-refractivity contribution in [1.82, 2.24) is 14.7 Å². The highest BCUT2D eigenvalue weighted by Crippen LogP contribution is 2.31. The van der Waals surface area contributed by atoms with Gasteiger partial charge in [0.15, 0.2) is 5.03 Å². The van der Waals surface area contributed by atoms with Crippen LogP contribution in [0.1, 0.15) is 43.5 Å². The van der Waals surface area contributed by atoms with Gasteiger partial charge in [-0.15, -0.1) is 0 Å². The molecule has 9 nitrogen and oxygen atoms in total. The molecule has 1 saturated carbocycles. The summed E-state index contributed by atoms with van der Waals surface area (Å²) in [6.07, 6.45) is 2.39. The third-order valence-electron chi connectivity index (χ3n) is 5.43. The van der Waals surface area contributed by atoms with Crippen LogP contribution in [0.3, 0.4) is 0 Å². The Balaban J connectivity index is 1.65. The van der Waals surface area contributed by atoms with E-state index in [4.69, 9.17) is 15.2 Å². The fraction of sp³-hybridized carbons (Fsp3) is 0.320. The van der Waals surface area contributed by atoms with Gasteiger partial charge < -0.3 is 15.2 Å². The van der Waals surface area contributed by atoms with Gasteiger partial charge in [-0.25, -0.2) is 19.1 Å². The maximum Gasteiger partial charge on any atom is 0.281 e. The van der Waals surface area contributed by atoms with Crippen LogP contribution in [0.15, 0.2) is 53.6 Å². The minimum atomic E-state index is -4.29. The Morgan fingerprint density at radius 3 is 2.61 bits per heavy atom. The van der Waals surface area contributed by atoms with Crippen LogP contribution in [0.25, 0.3) is 11.3 Å². The van der Waals surface area contributed by atoms with E-state index in [-0.39, 0.29) is 29.3 Å². The number of hydrogen-bond donors (Lipinski definition) is 2. The Morgan fingerprint density at radius 2 is 1.94 bits per heavy atom. The molecule has 11 heteroatoms. The molecule has 190 valence electrons. The number of carbonyl (C=O) groups is 1. The van der Waals surface area contributed by atoms with Gasteiger partial charge in [-0.3, -0.25) is 4.79 Å². The fourth-order valence-electron chi connectivity index (χ4n) is 3.38. The summed E-state index contributed by atoms with van der Waals surface area (Å²) in [7, 11) is -4.29. The molecule has 2 aromatic heterocycles. The number of nitrogens with two attached hydrogens (primary N) is 1. The zero-order valence-electron chi connectivity index (χ0n) is 19.9. The SMILES string of the molecule is CC(C)COc1cc(F)cc(-c2ccc(C(=O)NS(=O)(=O)c3cccc(N)n3)c(OC3CCC3)n2)c1. The number of rotatable bonds is 9. The van der Waals surface area contributed by atoms with Crippen molar-refractivity contribution in [2.75, 3.05) is 12.3 Å². The third-order valence-corrected chi connectivity index (χ3v) is 6.67. The van der Waals surface area contributed by atoms with Crippen molar-refractivity contribution in [3.63, 3.8) is 0 Å². The lowest BCUT2D eigenvalue weighted by molar-refractivity contribution is 0.0944. The third kappa shape index (κ3) is 6.09. The number of anilines is 1. The lowest BCUT2D eigenvalue weighted by Gasteiger charge is -2.26. The van der Waals surface area contributed by atoms with E-state index >= 15 is 0 Å². The molecule has 0 spiro atoms. The second-order valence-corrected chi connectivity index (χ2v) is 10.6. The Morgan fingerprint density at radius 1 is 1.17 bits per heavy atom. The standard InChI is InChI=1S/C25H27FN4O5S/c1-15(2)14-34-19-12-16(11-17(26)13-19)21-10-9-20(25(28-21)35-18-5-3-6-18)24(31)30-36(32,33)23-8-4-7-22(27)29-23/h4,7-13,15,18H,3,5-6,14H2,1-2H3,(H2,27,29)(H,30,31). The first-order chi connectivity index (χ1) is 17.1. The number of sulfonamides is 1. The van der Waals surface area contributed by atoms with Crippen LogP contribution < -0.4 is 19.9 Å². The smallest absolute Gasteiger partial charge is 0.281 e. The van der Waals surface area contributed by atoms with E-state index in [1.165, 1.54) is 42.5 Å². The van der Waals surface area contributed by atoms with Crippen molar-refractivity contribution in [3.8, 4) is 22.9 Å². The van der Waals surface area contributed by atoms with Crippen LogP contribution in [0.4, 0.5) is 10.2 Å². The Labute approximate surface area is 208 Å². The van der Waals surface area contributed by atoms with Crippen molar-refractivity contribution >= 4 is 21.7 Å². The fourth-order valence-corrected chi connectivity index (χ4v) is 4.32. The van der Waals surface area contributed by atoms with E-state index in [1.54, 1.807) is 6.07 Å². The monoisotopic (exact) mass is 514 g/mol. The summed E-state index contributed by atoms with van der Waals surface area (Å²) in [6.45, 7) is 4.39. The molecule has 0 atom stereocenters. The summed E-state index contributed by atoms with van der Waals surface area (Å²) in [5.41, 5.74) is 6.26. The first-order valence-corrected chi connectivity index (χ1v) is 13.0. The number of amides is 1. The minimum Gasteiger partial charge on any atom is -0.493 e. The predicted molar refractivity (Wildman–Crippen MR) is 132 cm³/mol. The van der Waals surface area contributed by atoms with Gasteiger partial charge in [-0.2, -0.15) is 8.42 Å². The van der Waals surface area contributed by atoms with Crippen LogP contribution >= 0.6 is 0 Å². The number of carbonyl (C=O) groups excluding carboxylic acids is 1. The average molecular weight is 515 g/mol. The van der Waals surface area contributed by atoms with Gasteiger partial charge in [0.1, 0.15) is 29.1 Å². The quantitative estimate of drug-likeness (QED) is 0.439. The highest BCUT2D eigenvalue weighted by molar-refractivity contribution is 7.90. The van der Waals surface area contributed by atoms with Crippen LogP contribution in [-0.4, -0.2) is 37.0 Å². The van der Waals surface area contributed by atoms with E-state index in [0.29, 0.717) is 23.6 Å². The van der Waals surface area contributed by atoms with Crippen LogP contribution in [0.5, 0.6) is 11.6 Å². The number of hydrogen-bond acceptors (Lipinski definition) is 8. The molecule has 1 aliphatic rings. The lowest BCUT2D eigenvalue weighted by Crippen LogP contribution is -2.33. The van der Waals surface area contributed by atoms with Crippen LogP contribution in [0.2, 0.25) is 0 Å². The molecule has 2 heterocycles. The molecular formula is C25H27FN4O5S. The predicted octanol–water partition coefficient (Wildman–Crippen LogP) is 3.95. The van der Waals surface area contributed by atoms with Crippen molar-refractivity contribution < 1.29 is 27.1 Å². The van der Waals surface area contributed by atoms with Gasteiger partial charge in [-0.1, -0.05) is 19.9 Å². The van der Waals surface area contributed by atoms with E-state index < -0.39 is 26.8 Å². The number of pyridine rings is 2. The number of nitrogens with one attached hydrogen (secondary N) is 1. The molecule has 0 bridgehead atoms. The highest BCUT2D eigenvalue weighted by atomic mass is 32.2. The number of aromatic nitrogens is 2. The lowest BCUT2D eigenvalue weighted by atomic mass is 9.96. The molecule has 0 aliphatic heterocycles. The van der Waals surface area contributed by atoms with E-state index in [0.717, 1.165) is 19.3 Å². The largest absolute Gasteiger partial charge is 0.493 e.